The molecule has 0 bridgehead atoms. The zero-order valence-corrected chi connectivity index (χ0v) is 12.5. The van der Waals surface area contributed by atoms with Gasteiger partial charge in [-0.15, -0.1) is 11.3 Å². The van der Waals surface area contributed by atoms with Gasteiger partial charge < -0.3 is 5.73 Å². The summed E-state index contributed by atoms with van der Waals surface area (Å²) in [6.45, 7) is 8.06. The van der Waals surface area contributed by atoms with E-state index in [4.69, 9.17) is 5.73 Å². The second-order valence-electron chi connectivity index (χ2n) is 4.41. The van der Waals surface area contributed by atoms with Crippen molar-refractivity contribution in [1.29, 1.82) is 0 Å². The Kier molecular flexibility index (Phi) is 3.87. The van der Waals surface area contributed by atoms with Gasteiger partial charge in [0.1, 0.15) is 16.7 Å². The average Bonchev–Trinajstić information content (AvgIpc) is 2.70. The summed E-state index contributed by atoms with van der Waals surface area (Å²) in [4.78, 5) is 13.3. The van der Waals surface area contributed by atoms with Crippen molar-refractivity contribution in [2.24, 2.45) is 0 Å². The molecule has 6 heteroatoms. The van der Waals surface area contributed by atoms with Gasteiger partial charge >= 0.3 is 0 Å². The molecule has 0 aliphatic heterocycles. The lowest BCUT2D eigenvalue weighted by Gasteiger charge is -2.10. The number of anilines is 1. The third kappa shape index (κ3) is 2.81. The SMILES string of the molecule is Cc1csc(Sc2nc(C(C)C)nc(N)c2C)n1. The molecule has 0 amide bonds. The summed E-state index contributed by atoms with van der Waals surface area (Å²) >= 11 is 3.18. The molecule has 4 nitrogen and oxygen atoms in total. The molecule has 2 aromatic heterocycles. The van der Waals surface area contributed by atoms with Crippen molar-refractivity contribution >= 4 is 28.9 Å². The largest absolute Gasteiger partial charge is 0.383 e. The molecule has 0 unspecified atom stereocenters. The number of thiazole rings is 1. The molecule has 2 rings (SSSR count). The maximum absolute atomic E-state index is 5.94. The summed E-state index contributed by atoms with van der Waals surface area (Å²) in [7, 11) is 0. The van der Waals surface area contributed by atoms with Crippen LogP contribution in [-0.4, -0.2) is 15.0 Å². The summed E-state index contributed by atoms with van der Waals surface area (Å²) in [6, 6.07) is 0. The summed E-state index contributed by atoms with van der Waals surface area (Å²) in [6.07, 6.45) is 0. The molecular formula is C12H16N4S2. The number of nitrogens with two attached hydrogens (primary N) is 1. The lowest BCUT2D eigenvalue weighted by atomic mass is 10.2. The van der Waals surface area contributed by atoms with Crippen molar-refractivity contribution in [2.45, 2.75) is 43.0 Å². The lowest BCUT2D eigenvalue weighted by Crippen LogP contribution is -2.05. The van der Waals surface area contributed by atoms with E-state index in [0.717, 1.165) is 26.4 Å². The Morgan fingerprint density at radius 2 is 1.94 bits per heavy atom. The fourth-order valence-electron chi connectivity index (χ4n) is 1.35. The van der Waals surface area contributed by atoms with Crippen LogP contribution >= 0.6 is 23.1 Å². The summed E-state index contributed by atoms with van der Waals surface area (Å²) in [5.41, 5.74) is 7.90. The number of aryl methyl sites for hydroxylation is 1. The summed E-state index contributed by atoms with van der Waals surface area (Å²) in [5.74, 6) is 1.61. The molecular weight excluding hydrogens is 264 g/mol. The lowest BCUT2D eigenvalue weighted by molar-refractivity contribution is 0.751. The quantitative estimate of drug-likeness (QED) is 0.873. The van der Waals surface area contributed by atoms with E-state index in [9.17, 15) is 0 Å². The van der Waals surface area contributed by atoms with Crippen LogP contribution in [0.4, 0.5) is 5.82 Å². The van der Waals surface area contributed by atoms with Crippen molar-refractivity contribution in [3.63, 3.8) is 0 Å². The van der Waals surface area contributed by atoms with Crippen molar-refractivity contribution in [1.82, 2.24) is 15.0 Å². The summed E-state index contributed by atoms with van der Waals surface area (Å²) in [5, 5.41) is 2.94. The van der Waals surface area contributed by atoms with Crippen LogP contribution in [0.3, 0.4) is 0 Å². The average molecular weight is 280 g/mol. The zero-order chi connectivity index (χ0) is 13.3. The van der Waals surface area contributed by atoms with E-state index < -0.39 is 0 Å². The highest BCUT2D eigenvalue weighted by Crippen LogP contribution is 2.33. The highest BCUT2D eigenvalue weighted by atomic mass is 32.2. The maximum atomic E-state index is 5.94. The van der Waals surface area contributed by atoms with Crippen LogP contribution in [0.2, 0.25) is 0 Å². The van der Waals surface area contributed by atoms with E-state index in [2.05, 4.69) is 28.8 Å². The maximum Gasteiger partial charge on any atom is 0.156 e. The highest BCUT2D eigenvalue weighted by molar-refractivity contribution is 8.01. The van der Waals surface area contributed by atoms with Crippen LogP contribution < -0.4 is 5.73 Å². The minimum atomic E-state index is 0.269. The first-order chi connectivity index (χ1) is 8.47. The minimum Gasteiger partial charge on any atom is -0.383 e. The van der Waals surface area contributed by atoms with Crippen LogP contribution in [0.1, 0.15) is 36.8 Å². The monoisotopic (exact) mass is 280 g/mol. The Labute approximate surface area is 115 Å². The predicted molar refractivity (Wildman–Crippen MR) is 76.2 cm³/mol. The van der Waals surface area contributed by atoms with Gasteiger partial charge in [-0.2, -0.15) is 0 Å². The molecule has 0 fully saturated rings. The van der Waals surface area contributed by atoms with E-state index in [0.29, 0.717) is 5.82 Å². The van der Waals surface area contributed by atoms with Gasteiger partial charge in [-0.1, -0.05) is 13.8 Å². The van der Waals surface area contributed by atoms with Gasteiger partial charge in [-0.3, -0.25) is 0 Å². The topological polar surface area (TPSA) is 64.7 Å². The Morgan fingerprint density at radius 1 is 1.22 bits per heavy atom. The second-order valence-corrected chi connectivity index (χ2v) is 6.50. The molecule has 0 aliphatic rings. The third-order valence-corrected chi connectivity index (χ3v) is 4.60. The van der Waals surface area contributed by atoms with Crippen LogP contribution in [0.25, 0.3) is 0 Å². The second kappa shape index (κ2) is 5.24. The van der Waals surface area contributed by atoms with Gasteiger partial charge in [0.05, 0.1) is 0 Å². The van der Waals surface area contributed by atoms with Gasteiger partial charge in [0.2, 0.25) is 0 Å². The number of rotatable bonds is 3. The standard InChI is InChI=1S/C12H16N4S2/c1-6(2)10-15-9(13)8(4)11(16-10)18-12-14-7(3)5-17-12/h5-6H,1-4H3,(H2,13,15,16). The number of nitrogen functional groups attached to an aromatic ring is 1. The van der Waals surface area contributed by atoms with Gasteiger partial charge in [-0.25, -0.2) is 15.0 Å². The first-order valence-electron chi connectivity index (χ1n) is 5.71. The van der Waals surface area contributed by atoms with E-state index in [1.165, 1.54) is 0 Å². The Bertz CT molecular complexity index is 563. The fraction of sp³-hybridized carbons (Fsp3) is 0.417. The van der Waals surface area contributed by atoms with Gasteiger partial charge in [0.25, 0.3) is 0 Å². The molecule has 2 heterocycles. The molecule has 0 aliphatic carbocycles. The normalized spacial score (nSPS) is 11.2. The third-order valence-electron chi connectivity index (χ3n) is 2.45. The van der Waals surface area contributed by atoms with Crippen LogP contribution in [0.5, 0.6) is 0 Å². The first-order valence-corrected chi connectivity index (χ1v) is 7.41. The Hall–Kier alpha value is -1.14. The minimum absolute atomic E-state index is 0.269. The van der Waals surface area contributed by atoms with Crippen LogP contribution in [0.15, 0.2) is 14.7 Å². The molecule has 0 aromatic carbocycles. The summed E-state index contributed by atoms with van der Waals surface area (Å²) < 4.78 is 0.989. The van der Waals surface area contributed by atoms with Gasteiger partial charge in [-0.05, 0) is 25.6 Å². The van der Waals surface area contributed by atoms with Crippen molar-refractivity contribution < 1.29 is 0 Å². The number of hydrogen-bond donors (Lipinski definition) is 1. The molecule has 18 heavy (non-hydrogen) atoms. The molecule has 0 saturated carbocycles. The van der Waals surface area contributed by atoms with Gasteiger partial charge in [0.15, 0.2) is 4.34 Å². The van der Waals surface area contributed by atoms with Crippen molar-refractivity contribution in [3.8, 4) is 0 Å². The highest BCUT2D eigenvalue weighted by Gasteiger charge is 2.13. The smallest absolute Gasteiger partial charge is 0.156 e. The first kappa shape index (κ1) is 13.3. The zero-order valence-electron chi connectivity index (χ0n) is 10.9. The van der Waals surface area contributed by atoms with Gasteiger partial charge in [0, 0.05) is 22.6 Å². The van der Waals surface area contributed by atoms with E-state index in [-0.39, 0.29) is 5.92 Å². The van der Waals surface area contributed by atoms with E-state index in [1.54, 1.807) is 23.1 Å². The van der Waals surface area contributed by atoms with Crippen LogP contribution in [-0.2, 0) is 0 Å². The number of nitrogens with zero attached hydrogens (tertiary/aromatic N) is 3. The molecule has 0 saturated heterocycles. The van der Waals surface area contributed by atoms with E-state index in [1.807, 2.05) is 19.2 Å². The van der Waals surface area contributed by atoms with E-state index >= 15 is 0 Å². The predicted octanol–water partition coefficient (Wildman–Crippen LogP) is 3.41. The Morgan fingerprint density at radius 3 is 2.50 bits per heavy atom. The molecule has 2 aromatic rings. The molecule has 2 N–H and O–H groups in total. The fourth-order valence-corrected chi connectivity index (χ4v) is 3.20. The van der Waals surface area contributed by atoms with Crippen LogP contribution in [0, 0.1) is 13.8 Å². The molecule has 0 atom stereocenters. The Balaban J connectivity index is 2.37. The number of hydrogen-bond acceptors (Lipinski definition) is 6. The molecule has 0 radical (unpaired) electrons. The van der Waals surface area contributed by atoms with Crippen molar-refractivity contribution in [3.05, 3.63) is 22.5 Å². The number of aromatic nitrogens is 3. The molecule has 96 valence electrons. The molecule has 0 spiro atoms. The van der Waals surface area contributed by atoms with Crippen molar-refractivity contribution in [2.75, 3.05) is 5.73 Å².